The molecule has 2 aliphatic heterocycles. The summed E-state index contributed by atoms with van der Waals surface area (Å²) in [5.41, 5.74) is 0. The Morgan fingerprint density at radius 2 is 2.11 bits per heavy atom. The highest BCUT2D eigenvalue weighted by Gasteiger charge is 2.39. The van der Waals surface area contributed by atoms with E-state index in [4.69, 9.17) is 0 Å². The minimum Gasteiger partial charge on any atom is -0.298 e. The summed E-state index contributed by atoms with van der Waals surface area (Å²) in [5.74, 6) is 0.740. The molecular weight excluding hydrogens is 252 g/mol. The molecule has 1 aromatic rings. The lowest BCUT2D eigenvalue weighted by atomic mass is 9.95. The maximum Gasteiger partial charge on any atom is 0.0417 e. The monoisotopic (exact) mass is 278 g/mol. The molecule has 1 aromatic heterocycles. The van der Waals surface area contributed by atoms with Crippen LogP contribution in [0, 0.1) is 5.92 Å². The Morgan fingerprint density at radius 1 is 1.26 bits per heavy atom. The quantitative estimate of drug-likeness (QED) is 0.833. The molecule has 3 heteroatoms. The van der Waals surface area contributed by atoms with Crippen molar-refractivity contribution < 1.29 is 0 Å². The predicted octanol–water partition coefficient (Wildman–Crippen LogP) is 3.61. The van der Waals surface area contributed by atoms with Gasteiger partial charge in [0.15, 0.2) is 0 Å². The molecule has 3 rings (SSSR count). The van der Waals surface area contributed by atoms with Crippen LogP contribution in [0.1, 0.15) is 44.5 Å². The molecule has 3 unspecified atom stereocenters. The molecule has 19 heavy (non-hydrogen) atoms. The first-order valence-corrected chi connectivity index (χ1v) is 8.58. The Hall–Kier alpha value is -0.380. The average Bonchev–Trinajstić information content (AvgIpc) is 3.06. The van der Waals surface area contributed by atoms with E-state index in [1.165, 1.54) is 37.4 Å². The van der Waals surface area contributed by atoms with Gasteiger partial charge in [-0.05, 0) is 43.7 Å². The van der Waals surface area contributed by atoms with Gasteiger partial charge in [-0.2, -0.15) is 0 Å². The van der Waals surface area contributed by atoms with Crippen LogP contribution < -0.4 is 0 Å². The third kappa shape index (κ3) is 2.61. The lowest BCUT2D eigenvalue weighted by Crippen LogP contribution is -2.58. The molecule has 3 atom stereocenters. The second-order valence-corrected chi connectivity index (χ2v) is 7.47. The van der Waals surface area contributed by atoms with E-state index in [0.29, 0.717) is 12.1 Å². The fourth-order valence-electron chi connectivity index (χ4n) is 3.80. The number of nitrogens with zero attached hydrogens (tertiary/aromatic N) is 2. The Labute approximate surface area is 121 Å². The van der Waals surface area contributed by atoms with E-state index >= 15 is 0 Å². The fourth-order valence-corrected chi connectivity index (χ4v) is 4.60. The molecule has 2 aliphatic rings. The first kappa shape index (κ1) is 13.6. The van der Waals surface area contributed by atoms with Crippen LogP contribution >= 0.6 is 11.3 Å². The Bertz CT molecular complexity index is 401. The number of fused-ring (bicyclic) bond motifs is 1. The lowest BCUT2D eigenvalue weighted by molar-refractivity contribution is 0.00493. The summed E-state index contributed by atoms with van der Waals surface area (Å²) < 4.78 is 0. The third-order valence-electron chi connectivity index (χ3n) is 4.99. The van der Waals surface area contributed by atoms with E-state index < -0.39 is 0 Å². The summed E-state index contributed by atoms with van der Waals surface area (Å²) >= 11 is 1.91. The number of hydrogen-bond donors (Lipinski definition) is 0. The molecule has 0 amide bonds. The smallest absolute Gasteiger partial charge is 0.0417 e. The Balaban J connectivity index is 1.80. The van der Waals surface area contributed by atoms with Crippen molar-refractivity contribution in [3.8, 4) is 0 Å². The van der Waals surface area contributed by atoms with Crippen molar-refractivity contribution in [2.24, 2.45) is 5.92 Å². The summed E-state index contributed by atoms with van der Waals surface area (Å²) in [6.07, 6.45) is 2.80. The topological polar surface area (TPSA) is 6.48 Å². The number of rotatable bonds is 3. The lowest BCUT2D eigenvalue weighted by Gasteiger charge is -2.48. The zero-order valence-corrected chi connectivity index (χ0v) is 13.2. The molecule has 106 valence electrons. The number of piperazine rings is 1. The van der Waals surface area contributed by atoms with Gasteiger partial charge in [0.05, 0.1) is 0 Å². The van der Waals surface area contributed by atoms with E-state index in [1.807, 2.05) is 11.3 Å². The van der Waals surface area contributed by atoms with Gasteiger partial charge >= 0.3 is 0 Å². The van der Waals surface area contributed by atoms with Gasteiger partial charge in [-0.15, -0.1) is 11.3 Å². The van der Waals surface area contributed by atoms with Crippen LogP contribution in [-0.2, 0) is 0 Å². The zero-order valence-electron chi connectivity index (χ0n) is 12.4. The average molecular weight is 278 g/mol. The van der Waals surface area contributed by atoms with Gasteiger partial charge in [0.25, 0.3) is 0 Å². The molecule has 3 heterocycles. The van der Waals surface area contributed by atoms with Crippen LogP contribution in [0.3, 0.4) is 0 Å². The predicted molar refractivity (Wildman–Crippen MR) is 82.7 cm³/mol. The van der Waals surface area contributed by atoms with Crippen molar-refractivity contribution in [2.45, 2.75) is 51.7 Å². The molecule has 0 spiro atoms. The first-order chi connectivity index (χ1) is 9.16. The van der Waals surface area contributed by atoms with Gasteiger partial charge in [-0.3, -0.25) is 9.80 Å². The fraction of sp³-hybridized carbons (Fsp3) is 0.750. The molecule has 2 saturated heterocycles. The van der Waals surface area contributed by atoms with Crippen LogP contribution in [0.2, 0.25) is 0 Å². The molecule has 0 radical (unpaired) electrons. The Morgan fingerprint density at radius 3 is 2.79 bits per heavy atom. The SMILES string of the molecule is CC(C)C1CN2CCCC2CN1C(C)c1cccs1. The van der Waals surface area contributed by atoms with Crippen LogP contribution in [-0.4, -0.2) is 41.5 Å². The van der Waals surface area contributed by atoms with Crippen molar-refractivity contribution in [2.75, 3.05) is 19.6 Å². The minimum atomic E-state index is 0.579. The van der Waals surface area contributed by atoms with Crippen molar-refractivity contribution >= 4 is 11.3 Å². The van der Waals surface area contributed by atoms with E-state index in [0.717, 1.165) is 12.0 Å². The minimum absolute atomic E-state index is 0.579. The second-order valence-electron chi connectivity index (χ2n) is 6.49. The summed E-state index contributed by atoms with van der Waals surface area (Å²) in [5, 5.41) is 2.21. The van der Waals surface area contributed by atoms with Crippen LogP contribution in [0.15, 0.2) is 17.5 Å². The summed E-state index contributed by atoms with van der Waals surface area (Å²) in [6.45, 7) is 11.0. The largest absolute Gasteiger partial charge is 0.298 e. The normalized spacial score (nSPS) is 30.7. The summed E-state index contributed by atoms with van der Waals surface area (Å²) in [6, 6.07) is 6.60. The molecular formula is C16H26N2S. The molecule has 0 N–H and O–H groups in total. The molecule has 0 aliphatic carbocycles. The van der Waals surface area contributed by atoms with Gasteiger partial charge in [-0.25, -0.2) is 0 Å². The van der Waals surface area contributed by atoms with E-state index in [2.05, 4.69) is 48.1 Å². The van der Waals surface area contributed by atoms with Crippen molar-refractivity contribution in [1.82, 2.24) is 9.80 Å². The molecule has 0 bridgehead atoms. The van der Waals surface area contributed by atoms with Crippen molar-refractivity contribution in [1.29, 1.82) is 0 Å². The van der Waals surface area contributed by atoms with Gasteiger partial charge in [0, 0.05) is 36.1 Å². The number of thiophene rings is 1. The van der Waals surface area contributed by atoms with Crippen molar-refractivity contribution in [3.05, 3.63) is 22.4 Å². The molecule has 2 nitrogen and oxygen atoms in total. The van der Waals surface area contributed by atoms with Gasteiger partial charge < -0.3 is 0 Å². The first-order valence-electron chi connectivity index (χ1n) is 7.70. The maximum absolute atomic E-state index is 2.78. The zero-order chi connectivity index (χ0) is 13.4. The highest BCUT2D eigenvalue weighted by molar-refractivity contribution is 7.10. The molecule has 2 fully saturated rings. The summed E-state index contributed by atoms with van der Waals surface area (Å²) in [4.78, 5) is 7.04. The van der Waals surface area contributed by atoms with Crippen LogP contribution in [0.5, 0.6) is 0 Å². The maximum atomic E-state index is 2.78. The highest BCUT2D eigenvalue weighted by atomic mass is 32.1. The van der Waals surface area contributed by atoms with E-state index in [-0.39, 0.29) is 0 Å². The standard InChI is InChI=1S/C16H26N2S/c1-12(2)15-11-17-8-4-6-14(17)10-18(15)13(3)16-7-5-9-19-16/h5,7,9,12-15H,4,6,8,10-11H2,1-3H3. The third-order valence-corrected chi connectivity index (χ3v) is 6.03. The van der Waals surface area contributed by atoms with Gasteiger partial charge in [-0.1, -0.05) is 19.9 Å². The highest BCUT2D eigenvalue weighted by Crippen LogP contribution is 2.34. The van der Waals surface area contributed by atoms with Crippen molar-refractivity contribution in [3.63, 3.8) is 0 Å². The van der Waals surface area contributed by atoms with E-state index in [9.17, 15) is 0 Å². The second kappa shape index (κ2) is 5.55. The summed E-state index contributed by atoms with van der Waals surface area (Å²) in [7, 11) is 0. The Kier molecular flexibility index (Phi) is 3.97. The van der Waals surface area contributed by atoms with Gasteiger partial charge in [0.1, 0.15) is 0 Å². The van der Waals surface area contributed by atoms with Gasteiger partial charge in [0.2, 0.25) is 0 Å². The van der Waals surface area contributed by atoms with Crippen LogP contribution in [0.4, 0.5) is 0 Å². The number of hydrogen-bond acceptors (Lipinski definition) is 3. The van der Waals surface area contributed by atoms with E-state index in [1.54, 1.807) is 0 Å². The molecule has 0 saturated carbocycles. The molecule has 0 aromatic carbocycles. The van der Waals surface area contributed by atoms with Crippen LogP contribution in [0.25, 0.3) is 0 Å².